The lowest BCUT2D eigenvalue weighted by molar-refractivity contribution is -0.111. The summed E-state index contributed by atoms with van der Waals surface area (Å²) in [4.78, 5) is 12.3. The Bertz CT molecular complexity index is 920. The Labute approximate surface area is 161 Å². The number of hydrogen-bond acceptors (Lipinski definition) is 2. The van der Waals surface area contributed by atoms with Crippen LogP contribution in [-0.4, -0.2) is 5.91 Å². The Kier molecular flexibility index (Phi) is 5.95. The molecule has 0 saturated carbocycles. The summed E-state index contributed by atoms with van der Waals surface area (Å²) in [6, 6.07) is 21.8. The van der Waals surface area contributed by atoms with E-state index in [-0.39, 0.29) is 5.91 Å². The van der Waals surface area contributed by atoms with E-state index in [1.54, 1.807) is 36.4 Å². The molecule has 5 heteroatoms. The maximum atomic E-state index is 12.3. The van der Waals surface area contributed by atoms with Gasteiger partial charge in [-0.15, -0.1) is 0 Å². The summed E-state index contributed by atoms with van der Waals surface area (Å²) in [5, 5.41) is 3.76. The summed E-state index contributed by atoms with van der Waals surface area (Å²) in [6.07, 6.45) is 2.97. The van der Waals surface area contributed by atoms with E-state index in [9.17, 15) is 4.79 Å². The Morgan fingerprint density at radius 1 is 0.846 bits per heavy atom. The van der Waals surface area contributed by atoms with Crippen molar-refractivity contribution >= 4 is 40.9 Å². The van der Waals surface area contributed by atoms with Gasteiger partial charge in [-0.05, 0) is 42.5 Å². The predicted molar refractivity (Wildman–Crippen MR) is 107 cm³/mol. The van der Waals surface area contributed by atoms with Gasteiger partial charge in [-0.1, -0.05) is 59.6 Å². The highest BCUT2D eigenvalue weighted by atomic mass is 35.5. The Morgan fingerprint density at radius 2 is 1.50 bits per heavy atom. The largest absolute Gasteiger partial charge is 0.455 e. The molecule has 0 saturated heterocycles. The fourth-order valence-electron chi connectivity index (χ4n) is 2.28. The highest BCUT2D eigenvalue weighted by Gasteiger charge is 2.07. The fourth-order valence-corrected chi connectivity index (χ4v) is 2.80. The number of hydrogen-bond donors (Lipinski definition) is 1. The van der Waals surface area contributed by atoms with Crippen molar-refractivity contribution in [2.45, 2.75) is 0 Å². The molecule has 1 N–H and O–H groups in total. The normalized spacial score (nSPS) is 10.7. The molecule has 3 rings (SSSR count). The van der Waals surface area contributed by atoms with Gasteiger partial charge in [0.1, 0.15) is 5.75 Å². The zero-order valence-electron chi connectivity index (χ0n) is 13.7. The first-order valence-corrected chi connectivity index (χ1v) is 8.64. The number of carbonyl (C=O) groups is 1. The topological polar surface area (TPSA) is 38.3 Å². The van der Waals surface area contributed by atoms with Crippen LogP contribution in [0, 0.1) is 0 Å². The molecule has 0 bridgehead atoms. The average molecular weight is 384 g/mol. The zero-order valence-corrected chi connectivity index (χ0v) is 15.2. The lowest BCUT2D eigenvalue weighted by atomic mass is 10.2. The smallest absolute Gasteiger partial charge is 0.248 e. The van der Waals surface area contributed by atoms with Crippen LogP contribution in [0.4, 0.5) is 5.69 Å². The van der Waals surface area contributed by atoms with Crippen molar-refractivity contribution in [3.8, 4) is 11.5 Å². The van der Waals surface area contributed by atoms with Crippen molar-refractivity contribution in [3.63, 3.8) is 0 Å². The number of benzene rings is 3. The minimum atomic E-state index is -0.315. The van der Waals surface area contributed by atoms with Gasteiger partial charge in [0.15, 0.2) is 5.75 Å². The molecule has 0 fully saturated rings. The first-order chi connectivity index (χ1) is 12.6. The fraction of sp³-hybridized carbons (Fsp3) is 0. The highest BCUT2D eigenvalue weighted by Crippen LogP contribution is 2.29. The number of amides is 1. The number of anilines is 1. The third-order valence-electron chi connectivity index (χ3n) is 3.52. The summed E-state index contributed by atoms with van der Waals surface area (Å²) in [6.45, 7) is 0. The number of para-hydroxylation sites is 3. The standard InChI is InChI=1S/C21H15Cl2NO2/c22-17-9-6-10-18(23)16(17)13-14-21(25)24-19-11-4-5-12-20(19)26-15-7-2-1-3-8-15/h1-14H,(H,24,25). The summed E-state index contributed by atoms with van der Waals surface area (Å²) < 4.78 is 5.83. The van der Waals surface area contributed by atoms with Crippen LogP contribution in [0.25, 0.3) is 6.08 Å². The van der Waals surface area contributed by atoms with Gasteiger partial charge >= 0.3 is 0 Å². The van der Waals surface area contributed by atoms with Gasteiger partial charge in [-0.2, -0.15) is 0 Å². The minimum absolute atomic E-state index is 0.315. The van der Waals surface area contributed by atoms with Gasteiger partial charge in [0.05, 0.1) is 5.69 Å². The maximum absolute atomic E-state index is 12.3. The second kappa shape index (κ2) is 8.56. The Morgan fingerprint density at radius 3 is 2.23 bits per heavy atom. The van der Waals surface area contributed by atoms with Gasteiger partial charge in [-0.3, -0.25) is 4.79 Å². The van der Waals surface area contributed by atoms with Crippen LogP contribution in [-0.2, 0) is 4.79 Å². The summed E-state index contributed by atoms with van der Waals surface area (Å²) >= 11 is 12.2. The molecule has 0 aliphatic carbocycles. The molecular formula is C21H15Cl2NO2. The van der Waals surface area contributed by atoms with E-state index in [2.05, 4.69) is 5.32 Å². The lowest BCUT2D eigenvalue weighted by Gasteiger charge is -2.11. The molecule has 0 spiro atoms. The number of nitrogens with one attached hydrogen (secondary N) is 1. The summed E-state index contributed by atoms with van der Waals surface area (Å²) in [5.74, 6) is 0.925. The second-order valence-electron chi connectivity index (χ2n) is 5.37. The molecule has 1 amide bonds. The lowest BCUT2D eigenvalue weighted by Crippen LogP contribution is -2.08. The van der Waals surface area contributed by atoms with Crippen LogP contribution >= 0.6 is 23.2 Å². The molecule has 0 heterocycles. The molecule has 0 aliphatic heterocycles. The molecular weight excluding hydrogens is 369 g/mol. The van der Waals surface area contributed by atoms with Gasteiger partial charge in [-0.25, -0.2) is 0 Å². The van der Waals surface area contributed by atoms with E-state index in [0.29, 0.717) is 32.8 Å². The van der Waals surface area contributed by atoms with Crippen molar-refractivity contribution in [1.29, 1.82) is 0 Å². The molecule has 0 unspecified atom stereocenters. The first kappa shape index (κ1) is 18.1. The van der Waals surface area contributed by atoms with E-state index in [0.717, 1.165) is 0 Å². The minimum Gasteiger partial charge on any atom is -0.455 e. The zero-order chi connectivity index (χ0) is 18.4. The maximum Gasteiger partial charge on any atom is 0.248 e. The SMILES string of the molecule is O=C(C=Cc1c(Cl)cccc1Cl)Nc1ccccc1Oc1ccccc1. The molecule has 3 aromatic rings. The number of ether oxygens (including phenoxy) is 1. The van der Waals surface area contributed by atoms with Crippen LogP contribution in [0.5, 0.6) is 11.5 Å². The van der Waals surface area contributed by atoms with E-state index >= 15 is 0 Å². The van der Waals surface area contributed by atoms with Crippen LogP contribution in [0.1, 0.15) is 5.56 Å². The monoisotopic (exact) mass is 383 g/mol. The number of halogens is 2. The molecule has 130 valence electrons. The third-order valence-corrected chi connectivity index (χ3v) is 4.18. The molecule has 0 aromatic heterocycles. The molecule has 0 radical (unpaired) electrons. The van der Waals surface area contributed by atoms with E-state index in [1.807, 2.05) is 42.5 Å². The average Bonchev–Trinajstić information content (AvgIpc) is 2.64. The van der Waals surface area contributed by atoms with Crippen molar-refractivity contribution < 1.29 is 9.53 Å². The Hall–Kier alpha value is -2.75. The highest BCUT2D eigenvalue weighted by molar-refractivity contribution is 6.37. The second-order valence-corrected chi connectivity index (χ2v) is 6.18. The van der Waals surface area contributed by atoms with E-state index in [4.69, 9.17) is 27.9 Å². The van der Waals surface area contributed by atoms with Crippen LogP contribution in [0.2, 0.25) is 10.0 Å². The van der Waals surface area contributed by atoms with Gasteiger partial charge in [0.25, 0.3) is 0 Å². The van der Waals surface area contributed by atoms with Gasteiger partial charge < -0.3 is 10.1 Å². The predicted octanol–water partition coefficient (Wildman–Crippen LogP) is 6.44. The van der Waals surface area contributed by atoms with Crippen molar-refractivity contribution in [1.82, 2.24) is 0 Å². The van der Waals surface area contributed by atoms with E-state index in [1.165, 1.54) is 6.08 Å². The molecule has 26 heavy (non-hydrogen) atoms. The van der Waals surface area contributed by atoms with Crippen molar-refractivity contribution in [2.75, 3.05) is 5.32 Å². The van der Waals surface area contributed by atoms with Crippen molar-refractivity contribution in [3.05, 3.63) is 94.5 Å². The quantitative estimate of drug-likeness (QED) is 0.514. The molecule has 3 aromatic carbocycles. The summed E-state index contributed by atoms with van der Waals surface area (Å²) in [5.41, 5.74) is 1.16. The van der Waals surface area contributed by atoms with Crippen molar-refractivity contribution in [2.24, 2.45) is 0 Å². The molecule has 0 atom stereocenters. The Balaban J connectivity index is 1.75. The van der Waals surface area contributed by atoms with Crippen LogP contribution in [0.3, 0.4) is 0 Å². The van der Waals surface area contributed by atoms with Crippen LogP contribution < -0.4 is 10.1 Å². The number of rotatable bonds is 5. The molecule has 3 nitrogen and oxygen atoms in total. The molecule has 0 aliphatic rings. The number of carbonyl (C=O) groups excluding carboxylic acids is 1. The van der Waals surface area contributed by atoms with Gasteiger partial charge in [0.2, 0.25) is 5.91 Å². The van der Waals surface area contributed by atoms with Gasteiger partial charge in [0, 0.05) is 21.7 Å². The third kappa shape index (κ3) is 4.66. The van der Waals surface area contributed by atoms with Crippen LogP contribution in [0.15, 0.2) is 78.9 Å². The first-order valence-electron chi connectivity index (χ1n) is 7.88. The summed E-state index contributed by atoms with van der Waals surface area (Å²) in [7, 11) is 0. The van der Waals surface area contributed by atoms with E-state index < -0.39 is 0 Å².